The Hall–Kier alpha value is -2.37. The highest BCUT2D eigenvalue weighted by atomic mass is 16.5. The first-order valence-electron chi connectivity index (χ1n) is 8.41. The molecule has 2 fully saturated rings. The van der Waals surface area contributed by atoms with Crippen LogP contribution in [0.3, 0.4) is 0 Å². The van der Waals surface area contributed by atoms with Gasteiger partial charge in [0.1, 0.15) is 11.9 Å². The van der Waals surface area contributed by atoms with Crippen LogP contribution in [0.1, 0.15) is 19.3 Å². The number of ether oxygens (including phenoxy) is 1. The van der Waals surface area contributed by atoms with Crippen LogP contribution in [0.5, 0.6) is 5.75 Å². The Morgan fingerprint density at radius 3 is 2.71 bits per heavy atom. The Labute approximate surface area is 142 Å². The molecule has 0 radical (unpaired) electrons. The van der Waals surface area contributed by atoms with Gasteiger partial charge < -0.3 is 14.5 Å². The van der Waals surface area contributed by atoms with Gasteiger partial charge in [-0.05, 0) is 12.1 Å². The Kier molecular flexibility index (Phi) is 5.13. The molecular weight excluding hydrogens is 306 g/mol. The topological polar surface area (TPSA) is 62.7 Å². The van der Waals surface area contributed by atoms with E-state index in [0.717, 1.165) is 18.6 Å². The van der Waals surface area contributed by atoms with Crippen molar-refractivity contribution in [1.82, 2.24) is 14.8 Å². The van der Waals surface area contributed by atoms with Gasteiger partial charge in [-0.3, -0.25) is 14.6 Å². The van der Waals surface area contributed by atoms with Crippen LogP contribution in [0.4, 0.5) is 0 Å². The van der Waals surface area contributed by atoms with Gasteiger partial charge in [0.2, 0.25) is 11.8 Å². The van der Waals surface area contributed by atoms with Crippen LogP contribution >= 0.6 is 0 Å². The van der Waals surface area contributed by atoms with Crippen LogP contribution in [-0.4, -0.2) is 58.9 Å². The van der Waals surface area contributed by atoms with Crippen molar-refractivity contribution >= 4 is 11.8 Å². The van der Waals surface area contributed by atoms with E-state index in [1.807, 2.05) is 17.0 Å². The van der Waals surface area contributed by atoms with E-state index in [2.05, 4.69) is 11.6 Å². The molecule has 2 amide bonds. The molecule has 1 aromatic rings. The number of rotatable bonds is 5. The number of carbonyl (C=O) groups is 2. The van der Waals surface area contributed by atoms with Gasteiger partial charge in [0.05, 0.1) is 5.92 Å². The third-order valence-corrected chi connectivity index (χ3v) is 4.62. The lowest BCUT2D eigenvalue weighted by molar-refractivity contribution is -0.137. The molecule has 3 heterocycles. The van der Waals surface area contributed by atoms with Crippen LogP contribution in [0.2, 0.25) is 0 Å². The average Bonchev–Trinajstić information content (AvgIpc) is 2.97. The van der Waals surface area contributed by atoms with E-state index in [0.29, 0.717) is 32.6 Å². The van der Waals surface area contributed by atoms with E-state index in [-0.39, 0.29) is 23.8 Å². The van der Waals surface area contributed by atoms with Crippen molar-refractivity contribution in [3.63, 3.8) is 0 Å². The smallest absolute Gasteiger partial charge is 0.227 e. The number of aromatic nitrogens is 1. The largest absolute Gasteiger partial charge is 0.490 e. The molecule has 0 aromatic carbocycles. The second kappa shape index (κ2) is 7.47. The predicted octanol–water partition coefficient (Wildman–Crippen LogP) is 1.49. The molecule has 0 spiro atoms. The summed E-state index contributed by atoms with van der Waals surface area (Å²) in [5, 5.41) is 0. The molecule has 0 N–H and O–H groups in total. The average molecular weight is 329 g/mol. The van der Waals surface area contributed by atoms with Crippen molar-refractivity contribution in [3.8, 4) is 5.75 Å². The minimum atomic E-state index is -0.213. The SMILES string of the molecule is C=CCN1C[C@@H](C(=O)N2CCC(Oc3ccncc3)CC2)CC1=O. The quantitative estimate of drug-likeness (QED) is 0.768. The van der Waals surface area contributed by atoms with Crippen molar-refractivity contribution in [2.75, 3.05) is 26.2 Å². The molecule has 2 aliphatic rings. The second-order valence-electron chi connectivity index (χ2n) is 6.31. The standard InChI is InChI=1S/C18H23N3O3/c1-2-9-21-13-14(12-17(21)22)18(23)20-10-5-16(6-11-20)24-15-3-7-19-8-4-15/h2-4,7-8,14,16H,1,5-6,9-13H2/t14-/m0/s1. The van der Waals surface area contributed by atoms with Crippen LogP contribution in [0.15, 0.2) is 37.2 Å². The number of carbonyl (C=O) groups excluding carboxylic acids is 2. The first kappa shape index (κ1) is 16.5. The zero-order valence-electron chi connectivity index (χ0n) is 13.8. The molecule has 1 aromatic heterocycles. The van der Waals surface area contributed by atoms with Crippen molar-refractivity contribution in [3.05, 3.63) is 37.2 Å². The first-order valence-corrected chi connectivity index (χ1v) is 8.41. The van der Waals surface area contributed by atoms with E-state index in [9.17, 15) is 9.59 Å². The second-order valence-corrected chi connectivity index (χ2v) is 6.31. The molecule has 0 unspecified atom stereocenters. The van der Waals surface area contributed by atoms with E-state index in [1.54, 1.807) is 23.4 Å². The minimum absolute atomic E-state index is 0.0455. The van der Waals surface area contributed by atoms with Gasteiger partial charge in [-0.1, -0.05) is 6.08 Å². The van der Waals surface area contributed by atoms with Crippen molar-refractivity contribution in [1.29, 1.82) is 0 Å². The van der Waals surface area contributed by atoms with Gasteiger partial charge in [-0.25, -0.2) is 0 Å². The summed E-state index contributed by atoms with van der Waals surface area (Å²) in [7, 11) is 0. The molecule has 6 heteroatoms. The van der Waals surface area contributed by atoms with Crippen molar-refractivity contribution in [2.24, 2.45) is 5.92 Å². The molecule has 2 aliphatic heterocycles. The van der Waals surface area contributed by atoms with E-state index in [1.165, 1.54) is 0 Å². The minimum Gasteiger partial charge on any atom is -0.490 e. The maximum atomic E-state index is 12.6. The van der Waals surface area contributed by atoms with Crippen LogP contribution < -0.4 is 4.74 Å². The van der Waals surface area contributed by atoms with Gasteiger partial charge in [0, 0.05) is 57.8 Å². The van der Waals surface area contributed by atoms with Crippen LogP contribution in [-0.2, 0) is 9.59 Å². The fourth-order valence-electron chi connectivity index (χ4n) is 3.33. The Bertz CT molecular complexity index is 597. The summed E-state index contributed by atoms with van der Waals surface area (Å²) in [4.78, 5) is 32.1. The van der Waals surface area contributed by atoms with Crippen molar-refractivity contribution in [2.45, 2.75) is 25.4 Å². The lowest BCUT2D eigenvalue weighted by Crippen LogP contribution is -2.44. The normalized spacial score (nSPS) is 21.8. The molecule has 24 heavy (non-hydrogen) atoms. The first-order chi connectivity index (χ1) is 11.7. The number of piperidine rings is 1. The summed E-state index contributed by atoms with van der Waals surface area (Å²) in [6.45, 7) is 6.05. The molecule has 0 aliphatic carbocycles. The van der Waals surface area contributed by atoms with Gasteiger partial charge in [0.25, 0.3) is 0 Å². The number of amides is 2. The molecule has 2 saturated heterocycles. The third-order valence-electron chi connectivity index (χ3n) is 4.62. The summed E-state index contributed by atoms with van der Waals surface area (Å²) in [6, 6.07) is 3.69. The number of pyridine rings is 1. The zero-order valence-corrected chi connectivity index (χ0v) is 13.8. The fourth-order valence-corrected chi connectivity index (χ4v) is 3.33. The maximum absolute atomic E-state index is 12.6. The Morgan fingerprint density at radius 2 is 2.04 bits per heavy atom. The van der Waals surface area contributed by atoms with Crippen LogP contribution in [0.25, 0.3) is 0 Å². The fraction of sp³-hybridized carbons (Fsp3) is 0.500. The summed E-state index contributed by atoms with van der Waals surface area (Å²) >= 11 is 0. The molecule has 1 atom stereocenters. The van der Waals surface area contributed by atoms with Gasteiger partial charge in [-0.2, -0.15) is 0 Å². The van der Waals surface area contributed by atoms with E-state index in [4.69, 9.17) is 4.74 Å². The zero-order chi connectivity index (χ0) is 16.9. The number of hydrogen-bond donors (Lipinski definition) is 0. The lowest BCUT2D eigenvalue weighted by atomic mass is 10.0. The highest BCUT2D eigenvalue weighted by Gasteiger charge is 2.37. The monoisotopic (exact) mass is 329 g/mol. The molecular formula is C18H23N3O3. The van der Waals surface area contributed by atoms with Gasteiger partial charge >= 0.3 is 0 Å². The van der Waals surface area contributed by atoms with Gasteiger partial charge in [-0.15, -0.1) is 6.58 Å². The van der Waals surface area contributed by atoms with E-state index < -0.39 is 0 Å². The summed E-state index contributed by atoms with van der Waals surface area (Å²) < 4.78 is 5.92. The Balaban J connectivity index is 1.49. The predicted molar refractivity (Wildman–Crippen MR) is 89.4 cm³/mol. The molecule has 6 nitrogen and oxygen atoms in total. The van der Waals surface area contributed by atoms with Crippen LogP contribution in [0, 0.1) is 5.92 Å². The number of hydrogen-bond acceptors (Lipinski definition) is 4. The number of likely N-dealkylation sites (tertiary alicyclic amines) is 2. The number of nitrogens with zero attached hydrogens (tertiary/aromatic N) is 3. The molecule has 0 bridgehead atoms. The summed E-state index contributed by atoms with van der Waals surface area (Å²) in [6.07, 6.45) is 7.18. The maximum Gasteiger partial charge on any atom is 0.227 e. The molecule has 3 rings (SSSR count). The van der Waals surface area contributed by atoms with Crippen molar-refractivity contribution < 1.29 is 14.3 Å². The Morgan fingerprint density at radius 1 is 1.33 bits per heavy atom. The molecule has 0 saturated carbocycles. The summed E-state index contributed by atoms with van der Waals surface area (Å²) in [5.74, 6) is 0.743. The highest BCUT2D eigenvalue weighted by Crippen LogP contribution is 2.23. The third kappa shape index (κ3) is 3.75. The highest BCUT2D eigenvalue weighted by molar-refractivity contribution is 5.89. The lowest BCUT2D eigenvalue weighted by Gasteiger charge is -2.33. The molecule has 128 valence electrons. The van der Waals surface area contributed by atoms with E-state index >= 15 is 0 Å². The van der Waals surface area contributed by atoms with Gasteiger partial charge in [0.15, 0.2) is 0 Å². The summed E-state index contributed by atoms with van der Waals surface area (Å²) in [5.41, 5.74) is 0.